The molecule has 1 atom stereocenters. The fraction of sp³-hybridized carbons (Fsp3) is 0.385. The number of nitriles is 1. The molecule has 0 aliphatic heterocycles. The Balaban J connectivity index is 2.58. The van der Waals surface area contributed by atoms with E-state index < -0.39 is 6.10 Å². The molecular weight excluding hydrogens is 312 g/mol. The minimum Gasteiger partial charge on any atom is -0.483 e. The van der Waals surface area contributed by atoms with Gasteiger partial charge in [-0.15, -0.1) is 0 Å². The van der Waals surface area contributed by atoms with Gasteiger partial charge in [0.1, 0.15) is 5.75 Å². The summed E-state index contributed by atoms with van der Waals surface area (Å²) in [4.78, 5) is 11.4. The number of aliphatic hydroxyl groups is 1. The topological polar surface area (TPSA) is 82.3 Å². The molecule has 0 bridgehead atoms. The minimum atomic E-state index is -0.686. The van der Waals surface area contributed by atoms with Crippen LogP contribution in [0.4, 0.5) is 0 Å². The molecule has 0 heterocycles. The molecular formula is C13H15BrN2O3. The average molecular weight is 327 g/mol. The van der Waals surface area contributed by atoms with Gasteiger partial charge in [-0.3, -0.25) is 4.79 Å². The van der Waals surface area contributed by atoms with E-state index in [-0.39, 0.29) is 18.9 Å². The highest BCUT2D eigenvalue weighted by atomic mass is 79.9. The standard InChI is InChI=1S/C13H15BrN2O3/c1-9(17)11-7-10(14)3-4-12(11)19-8-13(18)16-6-2-5-15/h3-4,7,9,17H,2,6,8H2,1H3,(H,16,18)/t9-/m1/s1. The van der Waals surface area contributed by atoms with Crippen LogP contribution < -0.4 is 10.1 Å². The number of nitrogens with one attached hydrogen (secondary N) is 1. The number of hydrogen-bond donors (Lipinski definition) is 2. The largest absolute Gasteiger partial charge is 0.483 e. The molecule has 102 valence electrons. The average Bonchev–Trinajstić information content (AvgIpc) is 2.37. The Hall–Kier alpha value is -1.58. The molecule has 0 saturated carbocycles. The van der Waals surface area contributed by atoms with Crippen molar-refractivity contribution in [3.05, 3.63) is 28.2 Å². The summed E-state index contributed by atoms with van der Waals surface area (Å²) < 4.78 is 6.20. The maximum atomic E-state index is 11.4. The van der Waals surface area contributed by atoms with Gasteiger partial charge in [-0.1, -0.05) is 15.9 Å². The molecule has 1 amide bonds. The number of carbonyl (C=O) groups excluding carboxylic acids is 1. The molecule has 1 aromatic carbocycles. The highest BCUT2D eigenvalue weighted by Crippen LogP contribution is 2.28. The highest BCUT2D eigenvalue weighted by Gasteiger charge is 2.11. The van der Waals surface area contributed by atoms with Gasteiger partial charge < -0.3 is 15.2 Å². The number of carbonyl (C=O) groups is 1. The third-order valence-corrected chi connectivity index (χ3v) is 2.83. The van der Waals surface area contributed by atoms with Crippen LogP contribution in [0.1, 0.15) is 25.0 Å². The fourth-order valence-corrected chi connectivity index (χ4v) is 1.81. The SMILES string of the molecule is C[C@@H](O)c1cc(Br)ccc1OCC(=O)NCCC#N. The molecule has 1 rings (SSSR count). The molecule has 19 heavy (non-hydrogen) atoms. The molecule has 0 saturated heterocycles. The molecule has 0 unspecified atom stereocenters. The summed E-state index contributed by atoms with van der Waals surface area (Å²) in [6, 6.07) is 7.14. The zero-order valence-corrected chi connectivity index (χ0v) is 12.1. The summed E-state index contributed by atoms with van der Waals surface area (Å²) in [5, 5.41) is 20.5. The van der Waals surface area contributed by atoms with Crippen molar-refractivity contribution in [1.82, 2.24) is 5.32 Å². The number of amides is 1. The van der Waals surface area contributed by atoms with Crippen LogP contribution in [0, 0.1) is 11.3 Å². The maximum absolute atomic E-state index is 11.4. The summed E-state index contributed by atoms with van der Waals surface area (Å²) in [5.41, 5.74) is 0.610. The van der Waals surface area contributed by atoms with E-state index in [1.807, 2.05) is 6.07 Å². The number of benzene rings is 1. The normalized spacial score (nSPS) is 11.5. The van der Waals surface area contributed by atoms with E-state index >= 15 is 0 Å². The van der Waals surface area contributed by atoms with Crippen LogP contribution in [0.25, 0.3) is 0 Å². The number of nitrogens with zero attached hydrogens (tertiary/aromatic N) is 1. The molecule has 0 aliphatic carbocycles. The lowest BCUT2D eigenvalue weighted by molar-refractivity contribution is -0.123. The second-order valence-electron chi connectivity index (χ2n) is 3.90. The number of halogens is 1. The molecule has 6 heteroatoms. The molecule has 0 aromatic heterocycles. The summed E-state index contributed by atoms with van der Waals surface area (Å²) in [7, 11) is 0. The Kier molecular flexibility index (Phi) is 6.33. The summed E-state index contributed by atoms with van der Waals surface area (Å²) in [6.07, 6.45) is -0.419. The van der Waals surface area contributed by atoms with E-state index in [9.17, 15) is 9.90 Å². The van der Waals surface area contributed by atoms with E-state index in [1.54, 1.807) is 25.1 Å². The molecule has 0 aliphatic rings. The first-order valence-electron chi connectivity index (χ1n) is 5.78. The molecule has 2 N–H and O–H groups in total. The van der Waals surface area contributed by atoms with Gasteiger partial charge in [0, 0.05) is 16.6 Å². The van der Waals surface area contributed by atoms with Crippen molar-refractivity contribution in [3.8, 4) is 11.8 Å². The number of rotatable bonds is 6. The zero-order chi connectivity index (χ0) is 14.3. The summed E-state index contributed by atoms with van der Waals surface area (Å²) in [5.74, 6) is 0.170. The van der Waals surface area contributed by atoms with Gasteiger partial charge in [0.25, 0.3) is 5.91 Å². The number of ether oxygens (including phenoxy) is 1. The van der Waals surface area contributed by atoms with Gasteiger partial charge in [0.2, 0.25) is 0 Å². The maximum Gasteiger partial charge on any atom is 0.257 e. The first-order chi connectivity index (χ1) is 9.04. The van der Waals surface area contributed by atoms with Gasteiger partial charge in [-0.25, -0.2) is 0 Å². The first kappa shape index (κ1) is 15.5. The van der Waals surface area contributed by atoms with Crippen molar-refractivity contribution in [2.75, 3.05) is 13.2 Å². The Morgan fingerprint density at radius 3 is 3.00 bits per heavy atom. The van der Waals surface area contributed by atoms with E-state index in [4.69, 9.17) is 10.00 Å². The highest BCUT2D eigenvalue weighted by molar-refractivity contribution is 9.10. The van der Waals surface area contributed by atoms with E-state index in [1.165, 1.54) is 0 Å². The summed E-state index contributed by atoms with van der Waals surface area (Å²) >= 11 is 3.31. The molecule has 0 radical (unpaired) electrons. The van der Waals surface area contributed by atoms with Crippen LogP contribution in [0.3, 0.4) is 0 Å². The Bertz CT molecular complexity index is 483. The minimum absolute atomic E-state index is 0.146. The lowest BCUT2D eigenvalue weighted by Crippen LogP contribution is -2.29. The van der Waals surface area contributed by atoms with Crippen molar-refractivity contribution in [2.45, 2.75) is 19.4 Å². The van der Waals surface area contributed by atoms with E-state index in [0.717, 1.165) is 4.47 Å². The number of aliphatic hydroxyl groups excluding tert-OH is 1. The smallest absolute Gasteiger partial charge is 0.257 e. The van der Waals surface area contributed by atoms with Gasteiger partial charge >= 0.3 is 0 Å². The molecule has 1 aromatic rings. The van der Waals surface area contributed by atoms with E-state index in [0.29, 0.717) is 17.9 Å². The third kappa shape index (κ3) is 5.28. The quantitative estimate of drug-likeness (QED) is 0.782. The number of hydrogen-bond acceptors (Lipinski definition) is 4. The third-order valence-electron chi connectivity index (χ3n) is 2.34. The van der Waals surface area contributed by atoms with Crippen molar-refractivity contribution < 1.29 is 14.6 Å². The lowest BCUT2D eigenvalue weighted by atomic mass is 10.1. The Labute approximate surface area is 120 Å². The predicted molar refractivity (Wildman–Crippen MR) is 73.5 cm³/mol. The van der Waals surface area contributed by atoms with Crippen LogP contribution in [0.2, 0.25) is 0 Å². The molecule has 0 spiro atoms. The van der Waals surface area contributed by atoms with E-state index in [2.05, 4.69) is 21.2 Å². The van der Waals surface area contributed by atoms with Crippen LogP contribution >= 0.6 is 15.9 Å². The van der Waals surface area contributed by atoms with Crippen LogP contribution in [0.15, 0.2) is 22.7 Å². The Morgan fingerprint density at radius 1 is 1.63 bits per heavy atom. The van der Waals surface area contributed by atoms with Crippen LogP contribution in [-0.4, -0.2) is 24.2 Å². The van der Waals surface area contributed by atoms with Gasteiger partial charge in [0.15, 0.2) is 6.61 Å². The zero-order valence-electron chi connectivity index (χ0n) is 10.5. The van der Waals surface area contributed by atoms with Gasteiger partial charge in [0.05, 0.1) is 18.6 Å². The lowest BCUT2D eigenvalue weighted by Gasteiger charge is -2.13. The monoisotopic (exact) mass is 326 g/mol. The Morgan fingerprint density at radius 2 is 2.37 bits per heavy atom. The van der Waals surface area contributed by atoms with Crippen molar-refractivity contribution in [1.29, 1.82) is 5.26 Å². The van der Waals surface area contributed by atoms with Crippen molar-refractivity contribution >= 4 is 21.8 Å². The fourth-order valence-electron chi connectivity index (χ4n) is 1.43. The van der Waals surface area contributed by atoms with Crippen molar-refractivity contribution in [3.63, 3.8) is 0 Å². The second-order valence-corrected chi connectivity index (χ2v) is 4.82. The van der Waals surface area contributed by atoms with Crippen LogP contribution in [0.5, 0.6) is 5.75 Å². The van der Waals surface area contributed by atoms with Crippen molar-refractivity contribution in [2.24, 2.45) is 0 Å². The second kappa shape index (κ2) is 7.77. The molecule has 0 fully saturated rings. The predicted octanol–water partition coefficient (Wildman–Crippen LogP) is 1.91. The molecule has 5 nitrogen and oxygen atoms in total. The van der Waals surface area contributed by atoms with Crippen LogP contribution in [-0.2, 0) is 4.79 Å². The summed E-state index contributed by atoms with van der Waals surface area (Å²) in [6.45, 7) is 1.79. The first-order valence-corrected chi connectivity index (χ1v) is 6.58. The van der Waals surface area contributed by atoms with Gasteiger partial charge in [-0.2, -0.15) is 5.26 Å². The van der Waals surface area contributed by atoms with Gasteiger partial charge in [-0.05, 0) is 25.1 Å².